The Morgan fingerprint density at radius 3 is 2.62 bits per heavy atom. The first kappa shape index (κ1) is 13.4. The van der Waals surface area contributed by atoms with Crippen molar-refractivity contribution in [3.05, 3.63) is 42.0 Å². The number of terminal acetylenes is 1. The molecule has 1 heterocycles. The number of hydrogen-bond donors (Lipinski definition) is 0. The van der Waals surface area contributed by atoms with Crippen molar-refractivity contribution in [3.8, 4) is 40.7 Å². The van der Waals surface area contributed by atoms with Gasteiger partial charge in [0.15, 0.2) is 11.5 Å². The summed E-state index contributed by atoms with van der Waals surface area (Å²) in [4.78, 5) is 0. The third kappa shape index (κ3) is 2.80. The molecule has 0 unspecified atom stereocenters. The molecular weight excluding hydrogens is 264 g/mol. The van der Waals surface area contributed by atoms with Gasteiger partial charge in [0.25, 0.3) is 0 Å². The van der Waals surface area contributed by atoms with Crippen molar-refractivity contribution < 1.29 is 14.2 Å². The third-order valence-corrected chi connectivity index (χ3v) is 3.38. The van der Waals surface area contributed by atoms with Crippen molar-refractivity contribution in [1.82, 2.24) is 0 Å². The normalized spacial score (nSPS) is 12.6. The lowest BCUT2D eigenvalue weighted by molar-refractivity contribution is 0.171. The fourth-order valence-corrected chi connectivity index (χ4v) is 2.39. The molecule has 21 heavy (non-hydrogen) atoms. The molecule has 0 fully saturated rings. The van der Waals surface area contributed by atoms with E-state index in [4.69, 9.17) is 20.6 Å². The minimum Gasteiger partial charge on any atom is -0.497 e. The molecule has 0 bridgehead atoms. The molecule has 2 aromatic rings. The standard InChI is InChI=1S/C18H16O3/c1-3-4-13-9-15(11-16(10-13)19-2)14-5-6-17-18(12-14)21-8-7-20-17/h1,5-6,9-12H,4,7-8H2,2H3. The molecule has 3 rings (SSSR count). The summed E-state index contributed by atoms with van der Waals surface area (Å²) in [6.07, 6.45) is 5.98. The maximum Gasteiger partial charge on any atom is 0.161 e. The molecule has 0 amide bonds. The van der Waals surface area contributed by atoms with Gasteiger partial charge < -0.3 is 14.2 Å². The van der Waals surface area contributed by atoms with Gasteiger partial charge in [0.1, 0.15) is 19.0 Å². The maximum atomic E-state index is 5.63. The molecular formula is C18H16O3. The summed E-state index contributed by atoms with van der Waals surface area (Å²) < 4.78 is 16.5. The van der Waals surface area contributed by atoms with Crippen LogP contribution in [0.1, 0.15) is 5.56 Å². The maximum absolute atomic E-state index is 5.63. The Bertz CT molecular complexity index is 698. The summed E-state index contributed by atoms with van der Waals surface area (Å²) in [5.74, 6) is 5.03. The van der Waals surface area contributed by atoms with E-state index in [2.05, 4.69) is 12.0 Å². The average Bonchev–Trinajstić information content (AvgIpc) is 2.54. The van der Waals surface area contributed by atoms with Crippen molar-refractivity contribution in [2.24, 2.45) is 0 Å². The highest BCUT2D eigenvalue weighted by Crippen LogP contribution is 2.35. The zero-order chi connectivity index (χ0) is 14.7. The molecule has 106 valence electrons. The molecule has 0 spiro atoms. The van der Waals surface area contributed by atoms with E-state index in [1.54, 1.807) is 7.11 Å². The average molecular weight is 280 g/mol. The number of hydrogen-bond acceptors (Lipinski definition) is 3. The second kappa shape index (κ2) is 5.80. The lowest BCUT2D eigenvalue weighted by atomic mass is 10.0. The monoisotopic (exact) mass is 280 g/mol. The number of fused-ring (bicyclic) bond motifs is 1. The molecule has 0 saturated heterocycles. The summed E-state index contributed by atoms with van der Waals surface area (Å²) in [6, 6.07) is 12.0. The van der Waals surface area contributed by atoms with Gasteiger partial charge in [-0.05, 0) is 47.0 Å². The predicted octanol–water partition coefficient (Wildman–Crippen LogP) is 3.31. The van der Waals surface area contributed by atoms with E-state index in [1.807, 2.05) is 30.3 Å². The summed E-state index contributed by atoms with van der Waals surface area (Å²) >= 11 is 0. The van der Waals surface area contributed by atoms with Crippen LogP contribution in [0.2, 0.25) is 0 Å². The van der Waals surface area contributed by atoms with Crippen LogP contribution in [0, 0.1) is 12.3 Å². The van der Waals surface area contributed by atoms with Crippen molar-refractivity contribution in [2.75, 3.05) is 20.3 Å². The van der Waals surface area contributed by atoms with Gasteiger partial charge >= 0.3 is 0 Å². The summed E-state index contributed by atoms with van der Waals surface area (Å²) in [5, 5.41) is 0. The SMILES string of the molecule is C#CCc1cc(OC)cc(-c2ccc3c(c2)OCCO3)c1. The van der Waals surface area contributed by atoms with Gasteiger partial charge in [-0.2, -0.15) is 0 Å². The second-order valence-electron chi connectivity index (χ2n) is 4.81. The van der Waals surface area contributed by atoms with Crippen LogP contribution in [0.5, 0.6) is 17.2 Å². The van der Waals surface area contributed by atoms with E-state index in [9.17, 15) is 0 Å². The summed E-state index contributed by atoms with van der Waals surface area (Å²) in [5.41, 5.74) is 3.16. The van der Waals surface area contributed by atoms with Gasteiger partial charge in [0.2, 0.25) is 0 Å². The van der Waals surface area contributed by atoms with Crippen LogP contribution < -0.4 is 14.2 Å². The van der Waals surface area contributed by atoms with Crippen LogP contribution in [0.25, 0.3) is 11.1 Å². The Hall–Kier alpha value is -2.60. The van der Waals surface area contributed by atoms with Gasteiger partial charge in [-0.3, -0.25) is 0 Å². The van der Waals surface area contributed by atoms with Crippen molar-refractivity contribution in [3.63, 3.8) is 0 Å². The Morgan fingerprint density at radius 2 is 1.86 bits per heavy atom. The van der Waals surface area contributed by atoms with Gasteiger partial charge in [-0.25, -0.2) is 0 Å². The molecule has 0 aliphatic carbocycles. The van der Waals surface area contributed by atoms with Crippen LogP contribution in [-0.4, -0.2) is 20.3 Å². The molecule has 2 aromatic carbocycles. The van der Waals surface area contributed by atoms with Gasteiger partial charge in [-0.1, -0.05) is 6.07 Å². The number of ether oxygens (including phenoxy) is 3. The number of methoxy groups -OCH3 is 1. The molecule has 3 nitrogen and oxygen atoms in total. The van der Waals surface area contributed by atoms with Crippen LogP contribution in [0.15, 0.2) is 36.4 Å². The Kier molecular flexibility index (Phi) is 3.70. The highest BCUT2D eigenvalue weighted by molar-refractivity contribution is 5.69. The topological polar surface area (TPSA) is 27.7 Å². The van der Waals surface area contributed by atoms with Gasteiger partial charge in [-0.15, -0.1) is 12.3 Å². The molecule has 3 heteroatoms. The lowest BCUT2D eigenvalue weighted by Crippen LogP contribution is -2.15. The van der Waals surface area contributed by atoms with E-state index in [-0.39, 0.29) is 0 Å². The van der Waals surface area contributed by atoms with Crippen LogP contribution in [-0.2, 0) is 6.42 Å². The van der Waals surface area contributed by atoms with Crippen molar-refractivity contribution in [2.45, 2.75) is 6.42 Å². The molecule has 0 radical (unpaired) electrons. The van der Waals surface area contributed by atoms with E-state index < -0.39 is 0 Å². The fourth-order valence-electron chi connectivity index (χ4n) is 2.39. The van der Waals surface area contributed by atoms with E-state index >= 15 is 0 Å². The van der Waals surface area contributed by atoms with Crippen LogP contribution >= 0.6 is 0 Å². The highest BCUT2D eigenvalue weighted by Gasteiger charge is 2.13. The van der Waals surface area contributed by atoms with Gasteiger partial charge in [0.05, 0.1) is 7.11 Å². The molecule has 0 aromatic heterocycles. The summed E-state index contributed by atoms with van der Waals surface area (Å²) in [6.45, 7) is 1.18. The Labute approximate surface area is 124 Å². The lowest BCUT2D eigenvalue weighted by Gasteiger charge is -2.19. The van der Waals surface area contributed by atoms with Crippen molar-refractivity contribution >= 4 is 0 Å². The highest BCUT2D eigenvalue weighted by atomic mass is 16.6. The molecule has 1 aliphatic heterocycles. The summed E-state index contributed by atoms with van der Waals surface area (Å²) in [7, 11) is 1.66. The molecule has 0 saturated carbocycles. The minimum atomic E-state index is 0.578. The first-order valence-corrected chi connectivity index (χ1v) is 6.81. The van der Waals surface area contributed by atoms with Crippen LogP contribution in [0.4, 0.5) is 0 Å². The smallest absolute Gasteiger partial charge is 0.161 e. The third-order valence-electron chi connectivity index (χ3n) is 3.38. The molecule has 0 atom stereocenters. The van der Waals surface area contributed by atoms with Crippen molar-refractivity contribution in [1.29, 1.82) is 0 Å². The predicted molar refractivity (Wildman–Crippen MR) is 82.0 cm³/mol. The minimum absolute atomic E-state index is 0.578. The van der Waals surface area contributed by atoms with Crippen LogP contribution in [0.3, 0.4) is 0 Å². The van der Waals surface area contributed by atoms with E-state index in [0.29, 0.717) is 19.6 Å². The van der Waals surface area contributed by atoms with E-state index in [1.165, 1.54) is 0 Å². The van der Waals surface area contributed by atoms with Gasteiger partial charge in [0, 0.05) is 6.42 Å². The Morgan fingerprint density at radius 1 is 1.05 bits per heavy atom. The quantitative estimate of drug-likeness (QED) is 0.807. The largest absolute Gasteiger partial charge is 0.497 e. The molecule has 1 aliphatic rings. The Balaban J connectivity index is 2.03. The molecule has 0 N–H and O–H groups in total. The number of benzene rings is 2. The zero-order valence-electron chi connectivity index (χ0n) is 11.9. The first-order chi connectivity index (χ1) is 10.3. The fraction of sp³-hybridized carbons (Fsp3) is 0.222. The first-order valence-electron chi connectivity index (χ1n) is 6.81. The second-order valence-corrected chi connectivity index (χ2v) is 4.81. The van der Waals surface area contributed by atoms with E-state index in [0.717, 1.165) is 33.9 Å². The zero-order valence-corrected chi connectivity index (χ0v) is 11.9. The number of rotatable bonds is 3.